The van der Waals surface area contributed by atoms with Crippen LogP contribution < -0.4 is 5.43 Å². The van der Waals surface area contributed by atoms with Crippen LogP contribution in [-0.2, 0) is 14.8 Å². The highest BCUT2D eigenvalue weighted by Gasteiger charge is 2.26. The first-order chi connectivity index (χ1) is 14.5. The molecule has 0 unspecified atom stereocenters. The maximum atomic E-state index is 12.9. The van der Waals surface area contributed by atoms with Crippen LogP contribution in [0.2, 0.25) is 5.02 Å². The van der Waals surface area contributed by atoms with Crippen molar-refractivity contribution in [3.63, 3.8) is 0 Å². The maximum Gasteiger partial charge on any atom is 0.243 e. The summed E-state index contributed by atoms with van der Waals surface area (Å²) in [5.41, 5.74) is 5.08. The van der Waals surface area contributed by atoms with Crippen molar-refractivity contribution in [2.24, 2.45) is 5.10 Å². The van der Waals surface area contributed by atoms with Gasteiger partial charge in [-0.15, -0.1) is 11.3 Å². The van der Waals surface area contributed by atoms with Gasteiger partial charge in [0.25, 0.3) is 0 Å². The van der Waals surface area contributed by atoms with Crippen LogP contribution in [0, 0.1) is 0 Å². The predicted octanol–water partition coefficient (Wildman–Crippen LogP) is 3.93. The van der Waals surface area contributed by atoms with E-state index in [2.05, 4.69) is 15.5 Å². The van der Waals surface area contributed by atoms with Crippen molar-refractivity contribution in [2.75, 3.05) is 31.7 Å². The third-order valence-corrected chi connectivity index (χ3v) is 7.50. The van der Waals surface area contributed by atoms with Gasteiger partial charge in [-0.25, -0.2) is 13.4 Å². The zero-order valence-electron chi connectivity index (χ0n) is 15.9. The molecule has 1 aliphatic heterocycles. The van der Waals surface area contributed by atoms with Crippen molar-refractivity contribution in [3.05, 3.63) is 64.5 Å². The van der Waals surface area contributed by atoms with Gasteiger partial charge in [-0.3, -0.25) is 5.43 Å². The van der Waals surface area contributed by atoms with Crippen LogP contribution in [0.15, 0.2) is 63.9 Å². The van der Waals surface area contributed by atoms with Crippen molar-refractivity contribution in [1.82, 2.24) is 9.29 Å². The number of hydrogen-bond donors (Lipinski definition) is 1. The molecule has 2 heterocycles. The van der Waals surface area contributed by atoms with E-state index in [-0.39, 0.29) is 4.90 Å². The summed E-state index contributed by atoms with van der Waals surface area (Å²) in [6.07, 6.45) is 1.62. The molecule has 0 atom stereocenters. The van der Waals surface area contributed by atoms with Crippen LogP contribution in [0.25, 0.3) is 11.3 Å². The Morgan fingerprint density at radius 2 is 1.97 bits per heavy atom. The highest BCUT2D eigenvalue weighted by atomic mass is 35.5. The Labute approximate surface area is 184 Å². The molecule has 1 saturated heterocycles. The molecule has 1 aliphatic rings. The Bertz CT molecular complexity index is 1160. The van der Waals surface area contributed by atoms with E-state index >= 15 is 0 Å². The first-order valence-corrected chi connectivity index (χ1v) is 11.9. The maximum absolute atomic E-state index is 12.9. The van der Waals surface area contributed by atoms with E-state index in [0.29, 0.717) is 42.2 Å². The van der Waals surface area contributed by atoms with Crippen LogP contribution in [0.3, 0.4) is 0 Å². The topological polar surface area (TPSA) is 83.9 Å². The van der Waals surface area contributed by atoms with Gasteiger partial charge in [0, 0.05) is 34.6 Å². The molecule has 1 fully saturated rings. The lowest BCUT2D eigenvalue weighted by atomic mass is 10.2. The number of benzene rings is 2. The Morgan fingerprint density at radius 1 is 1.17 bits per heavy atom. The normalized spacial score (nSPS) is 15.5. The number of aromatic nitrogens is 1. The Hall–Kier alpha value is -2.30. The Kier molecular flexibility index (Phi) is 6.45. The average molecular weight is 463 g/mol. The number of halogens is 1. The fourth-order valence-corrected chi connectivity index (χ4v) is 5.25. The molecule has 3 aromatic rings. The lowest BCUT2D eigenvalue weighted by Crippen LogP contribution is -2.40. The number of rotatable bonds is 6. The molecule has 7 nitrogen and oxygen atoms in total. The fourth-order valence-electron chi connectivity index (χ4n) is 2.95. The van der Waals surface area contributed by atoms with Crippen LogP contribution in [0.5, 0.6) is 0 Å². The van der Waals surface area contributed by atoms with E-state index in [4.69, 9.17) is 16.3 Å². The van der Waals surface area contributed by atoms with Gasteiger partial charge in [0.05, 0.1) is 30.0 Å². The van der Waals surface area contributed by atoms with E-state index in [1.54, 1.807) is 30.5 Å². The van der Waals surface area contributed by atoms with E-state index in [9.17, 15) is 8.42 Å². The van der Waals surface area contributed by atoms with Crippen LogP contribution >= 0.6 is 22.9 Å². The van der Waals surface area contributed by atoms with E-state index in [1.165, 1.54) is 15.6 Å². The molecule has 1 aromatic heterocycles. The second-order valence-electron chi connectivity index (χ2n) is 6.47. The zero-order chi connectivity index (χ0) is 21.0. The SMILES string of the molecule is O=S(=O)(c1cccc(-c2csc(NN=Cc3ccccc3Cl)n2)c1)N1CCOCC1. The molecule has 0 spiro atoms. The van der Waals surface area contributed by atoms with Gasteiger partial charge in [-0.2, -0.15) is 9.41 Å². The first-order valence-electron chi connectivity index (χ1n) is 9.21. The summed E-state index contributed by atoms with van der Waals surface area (Å²) in [6.45, 7) is 1.55. The molecule has 0 amide bonds. The number of nitrogens with zero attached hydrogens (tertiary/aromatic N) is 3. The third kappa shape index (κ3) is 4.71. The first kappa shape index (κ1) is 21.0. The third-order valence-electron chi connectivity index (χ3n) is 4.51. The van der Waals surface area contributed by atoms with Crippen molar-refractivity contribution < 1.29 is 13.2 Å². The second-order valence-corrected chi connectivity index (χ2v) is 9.68. The largest absolute Gasteiger partial charge is 0.379 e. The number of thiazole rings is 1. The summed E-state index contributed by atoms with van der Waals surface area (Å²) < 4.78 is 32.5. The standard InChI is InChI=1S/C20H19ClN4O3S2/c21-18-7-2-1-4-16(18)13-22-24-20-23-19(14-29-20)15-5-3-6-17(12-15)30(26,27)25-8-10-28-11-9-25/h1-7,12-14H,8-11H2,(H,23,24). The second kappa shape index (κ2) is 9.23. The minimum atomic E-state index is -3.56. The molecule has 156 valence electrons. The summed E-state index contributed by atoms with van der Waals surface area (Å²) in [5.74, 6) is 0. The molecule has 2 aromatic carbocycles. The summed E-state index contributed by atoms with van der Waals surface area (Å²) >= 11 is 7.49. The van der Waals surface area contributed by atoms with Crippen molar-refractivity contribution in [3.8, 4) is 11.3 Å². The van der Waals surface area contributed by atoms with Gasteiger partial charge in [0.1, 0.15) is 0 Å². The van der Waals surface area contributed by atoms with Gasteiger partial charge in [-0.05, 0) is 18.2 Å². The van der Waals surface area contributed by atoms with E-state index in [0.717, 1.165) is 11.1 Å². The number of hydrazone groups is 1. The highest BCUT2D eigenvalue weighted by molar-refractivity contribution is 7.89. The molecule has 1 N–H and O–H groups in total. The van der Waals surface area contributed by atoms with E-state index < -0.39 is 10.0 Å². The Morgan fingerprint density at radius 3 is 2.77 bits per heavy atom. The molecule has 10 heteroatoms. The molecule has 0 radical (unpaired) electrons. The van der Waals surface area contributed by atoms with Crippen molar-refractivity contribution in [1.29, 1.82) is 0 Å². The summed E-state index contributed by atoms with van der Waals surface area (Å²) in [5, 5.41) is 7.23. The lowest BCUT2D eigenvalue weighted by Gasteiger charge is -2.26. The molecule has 4 rings (SSSR count). The van der Waals surface area contributed by atoms with Crippen LogP contribution in [0.1, 0.15) is 5.56 Å². The zero-order valence-corrected chi connectivity index (χ0v) is 18.3. The number of sulfonamides is 1. The van der Waals surface area contributed by atoms with Crippen molar-refractivity contribution in [2.45, 2.75) is 4.90 Å². The molecule has 0 aliphatic carbocycles. The minimum Gasteiger partial charge on any atom is -0.379 e. The van der Waals surface area contributed by atoms with Crippen molar-refractivity contribution >= 4 is 44.3 Å². The molecular formula is C20H19ClN4O3S2. The van der Waals surface area contributed by atoms with Gasteiger partial charge >= 0.3 is 0 Å². The monoisotopic (exact) mass is 462 g/mol. The predicted molar refractivity (Wildman–Crippen MR) is 120 cm³/mol. The van der Waals surface area contributed by atoms with Gasteiger partial charge < -0.3 is 4.74 Å². The number of nitrogens with one attached hydrogen (secondary N) is 1. The lowest BCUT2D eigenvalue weighted by molar-refractivity contribution is 0.0730. The highest BCUT2D eigenvalue weighted by Crippen LogP contribution is 2.28. The van der Waals surface area contributed by atoms with Gasteiger partial charge in [0.15, 0.2) is 0 Å². The molecule has 30 heavy (non-hydrogen) atoms. The van der Waals surface area contributed by atoms with Gasteiger partial charge in [-0.1, -0.05) is 41.9 Å². The summed E-state index contributed by atoms with van der Waals surface area (Å²) in [4.78, 5) is 4.75. The summed E-state index contributed by atoms with van der Waals surface area (Å²) in [6, 6.07) is 14.2. The fraction of sp³-hybridized carbons (Fsp3) is 0.200. The Balaban J connectivity index is 1.50. The quantitative estimate of drug-likeness (QED) is 0.443. The number of ether oxygens (including phenoxy) is 1. The van der Waals surface area contributed by atoms with E-state index in [1.807, 2.05) is 29.6 Å². The minimum absolute atomic E-state index is 0.251. The number of anilines is 1. The molecule has 0 bridgehead atoms. The van der Waals surface area contributed by atoms with Crippen LogP contribution in [-0.4, -0.2) is 50.2 Å². The number of hydrogen-bond acceptors (Lipinski definition) is 7. The van der Waals surface area contributed by atoms with Crippen LogP contribution in [0.4, 0.5) is 5.13 Å². The molecule has 0 saturated carbocycles. The molecular weight excluding hydrogens is 444 g/mol. The average Bonchev–Trinajstić information content (AvgIpc) is 3.25. The summed E-state index contributed by atoms with van der Waals surface area (Å²) in [7, 11) is -3.56. The smallest absolute Gasteiger partial charge is 0.243 e. The van der Waals surface area contributed by atoms with Gasteiger partial charge in [0.2, 0.25) is 15.2 Å². The number of morpholine rings is 1.